The molecule has 0 aliphatic heterocycles. The van der Waals surface area contributed by atoms with Crippen molar-refractivity contribution in [3.05, 3.63) is 69.5 Å². The lowest BCUT2D eigenvalue weighted by molar-refractivity contribution is 0.402. The fraction of sp³-hybridized carbons (Fsp3) is 0.406. The number of phenolic OH excluding ortho intramolecular Hbond substituents is 1. The van der Waals surface area contributed by atoms with Crippen LogP contribution in [0.2, 0.25) is 5.02 Å². The first-order chi connectivity index (χ1) is 18.1. The van der Waals surface area contributed by atoms with Crippen LogP contribution in [0.15, 0.2) is 47.1 Å². The van der Waals surface area contributed by atoms with Crippen LogP contribution in [-0.4, -0.2) is 35.2 Å². The van der Waals surface area contributed by atoms with Gasteiger partial charge in [-0.25, -0.2) is 0 Å². The Hall–Kier alpha value is -3.36. The van der Waals surface area contributed by atoms with Crippen LogP contribution in [0.3, 0.4) is 0 Å². The fourth-order valence-corrected chi connectivity index (χ4v) is 3.75. The number of benzene rings is 1. The molecule has 1 unspecified atom stereocenters. The van der Waals surface area contributed by atoms with Gasteiger partial charge < -0.3 is 15.3 Å². The van der Waals surface area contributed by atoms with E-state index in [1.807, 2.05) is 38.3 Å². The summed E-state index contributed by atoms with van der Waals surface area (Å²) in [4.78, 5) is 9.25. The molecule has 0 fully saturated rings. The van der Waals surface area contributed by atoms with Gasteiger partial charge in [-0.2, -0.15) is 0 Å². The molecule has 0 saturated heterocycles. The molecule has 2 N–H and O–H groups in total. The van der Waals surface area contributed by atoms with Crippen molar-refractivity contribution < 1.29 is 9.84 Å². The molecule has 1 atom stereocenters. The summed E-state index contributed by atoms with van der Waals surface area (Å²) in [5, 5.41) is 17.5. The third-order valence-electron chi connectivity index (χ3n) is 5.69. The van der Waals surface area contributed by atoms with E-state index in [1.165, 1.54) is 5.57 Å². The Morgan fingerprint density at radius 2 is 1.92 bits per heavy atom. The molecule has 0 amide bonds. The highest BCUT2D eigenvalue weighted by Crippen LogP contribution is 2.32. The summed E-state index contributed by atoms with van der Waals surface area (Å²) in [6.45, 7) is 14.2. The van der Waals surface area contributed by atoms with Crippen LogP contribution >= 0.6 is 11.6 Å². The molecule has 2 aromatic rings. The third kappa shape index (κ3) is 10.6. The highest BCUT2D eigenvalue weighted by atomic mass is 35.5. The molecule has 1 aromatic carbocycles. The van der Waals surface area contributed by atoms with Crippen molar-refractivity contribution in [2.45, 2.75) is 80.2 Å². The highest BCUT2D eigenvalue weighted by Gasteiger charge is 2.09. The highest BCUT2D eigenvalue weighted by molar-refractivity contribution is 6.32. The number of nitrogens with one attached hydrogen (secondary N) is 1. The Balaban J connectivity index is 0.000000464. The standard InChI is InChI=1S/C22H29N3.C10H13ClO2/c1-7-9-10-11-12-19(8-2)24-14-20(16(3)4)22-13-17(5)21(15-25-22)18(6)23;1-3-4-7-5-8(11)9(12)6-10(7)13-2/h11-15,19,23H,7-8H2,1-6H3;5-6,12H,3-4H2,1-2H3/b12-11-,23-18?,24-14?;. The molecule has 38 heavy (non-hydrogen) atoms. The number of methoxy groups -OCH3 is 1. The van der Waals surface area contributed by atoms with Crippen molar-refractivity contribution in [3.63, 3.8) is 0 Å². The number of rotatable bonds is 9. The minimum atomic E-state index is 0.0679. The second kappa shape index (κ2) is 17.2. The number of aliphatic imine (C=N–C) groups is 1. The molecule has 0 aliphatic rings. The van der Waals surface area contributed by atoms with Gasteiger partial charge >= 0.3 is 0 Å². The first-order valence-corrected chi connectivity index (χ1v) is 13.4. The van der Waals surface area contributed by atoms with Gasteiger partial charge in [-0.3, -0.25) is 9.98 Å². The van der Waals surface area contributed by atoms with Crippen LogP contribution in [0.5, 0.6) is 11.5 Å². The van der Waals surface area contributed by atoms with E-state index in [-0.39, 0.29) is 11.8 Å². The lowest BCUT2D eigenvalue weighted by Gasteiger charge is -2.10. The Morgan fingerprint density at radius 1 is 1.21 bits per heavy atom. The Labute approximate surface area is 234 Å². The van der Waals surface area contributed by atoms with E-state index in [4.69, 9.17) is 26.7 Å². The predicted octanol–water partition coefficient (Wildman–Crippen LogP) is 8.40. The van der Waals surface area contributed by atoms with E-state index in [0.717, 1.165) is 53.6 Å². The lowest BCUT2D eigenvalue weighted by Crippen LogP contribution is -2.03. The van der Waals surface area contributed by atoms with Crippen molar-refractivity contribution >= 4 is 29.1 Å². The number of hydrogen-bond acceptors (Lipinski definition) is 5. The molecule has 5 nitrogen and oxygen atoms in total. The van der Waals surface area contributed by atoms with Crippen LogP contribution in [-0.2, 0) is 6.42 Å². The maximum atomic E-state index is 9.31. The molecule has 1 heterocycles. The number of phenols is 1. The summed E-state index contributed by atoms with van der Waals surface area (Å²) in [7, 11) is 1.59. The number of ether oxygens (including phenoxy) is 1. The van der Waals surface area contributed by atoms with Gasteiger partial charge in [0.15, 0.2) is 0 Å². The molecular formula is C32H42ClN3O2. The number of aryl methyl sites for hydroxylation is 2. The van der Waals surface area contributed by atoms with Gasteiger partial charge in [0, 0.05) is 41.7 Å². The summed E-state index contributed by atoms with van der Waals surface area (Å²) in [6, 6.07) is 5.45. The number of pyridine rings is 1. The smallest absolute Gasteiger partial charge is 0.137 e. The maximum Gasteiger partial charge on any atom is 0.137 e. The van der Waals surface area contributed by atoms with E-state index in [2.05, 4.69) is 44.5 Å². The minimum absolute atomic E-state index is 0.0679. The van der Waals surface area contributed by atoms with E-state index < -0.39 is 0 Å². The SMILES string of the molecule is CCC#C/C=C\C(CC)N=CC(=C(C)C)c1cc(C)c(C(C)=N)cn1.CCCc1cc(Cl)c(O)cc1OC. The van der Waals surface area contributed by atoms with Crippen molar-refractivity contribution in [1.82, 2.24) is 4.98 Å². The summed E-state index contributed by atoms with van der Waals surface area (Å²) >= 11 is 5.77. The molecule has 0 spiro atoms. The summed E-state index contributed by atoms with van der Waals surface area (Å²) in [5.74, 6) is 6.82. The van der Waals surface area contributed by atoms with Crippen LogP contribution in [0.1, 0.15) is 83.2 Å². The largest absolute Gasteiger partial charge is 0.506 e. The van der Waals surface area contributed by atoms with Gasteiger partial charge in [-0.15, -0.1) is 0 Å². The van der Waals surface area contributed by atoms with Crippen molar-refractivity contribution in [1.29, 1.82) is 5.41 Å². The number of nitrogens with zero attached hydrogens (tertiary/aromatic N) is 2. The first-order valence-electron chi connectivity index (χ1n) is 13.0. The van der Waals surface area contributed by atoms with E-state index >= 15 is 0 Å². The summed E-state index contributed by atoms with van der Waals surface area (Å²) in [5.41, 5.74) is 6.62. The summed E-state index contributed by atoms with van der Waals surface area (Å²) in [6.07, 6.45) is 11.3. The average Bonchev–Trinajstić information content (AvgIpc) is 2.87. The number of aromatic hydroxyl groups is 1. The fourth-order valence-electron chi connectivity index (χ4n) is 3.57. The van der Waals surface area contributed by atoms with Gasteiger partial charge in [0.1, 0.15) is 11.5 Å². The molecule has 204 valence electrons. The Bertz CT molecular complexity index is 1230. The van der Waals surface area contributed by atoms with Gasteiger partial charge in [-0.05, 0) is 69.9 Å². The zero-order chi connectivity index (χ0) is 28.7. The minimum Gasteiger partial charge on any atom is -0.506 e. The van der Waals surface area contributed by atoms with Crippen molar-refractivity contribution in [2.24, 2.45) is 4.99 Å². The number of aromatic nitrogens is 1. The van der Waals surface area contributed by atoms with Crippen molar-refractivity contribution in [3.8, 4) is 23.3 Å². The van der Waals surface area contributed by atoms with Crippen molar-refractivity contribution in [2.75, 3.05) is 7.11 Å². The number of hydrogen-bond donors (Lipinski definition) is 2. The van der Waals surface area contributed by atoms with Crippen LogP contribution in [0, 0.1) is 24.2 Å². The predicted molar refractivity (Wildman–Crippen MR) is 163 cm³/mol. The second-order valence-electron chi connectivity index (χ2n) is 9.08. The quantitative estimate of drug-likeness (QED) is 0.250. The van der Waals surface area contributed by atoms with Gasteiger partial charge in [0.25, 0.3) is 0 Å². The monoisotopic (exact) mass is 535 g/mol. The molecule has 2 rings (SSSR count). The molecule has 0 saturated carbocycles. The molecule has 1 aromatic heterocycles. The van der Waals surface area contributed by atoms with Crippen LogP contribution in [0.25, 0.3) is 5.57 Å². The van der Waals surface area contributed by atoms with Crippen LogP contribution in [0.4, 0.5) is 0 Å². The van der Waals surface area contributed by atoms with Gasteiger partial charge in [-0.1, -0.05) is 62.3 Å². The topological polar surface area (TPSA) is 78.6 Å². The number of allylic oxidation sites excluding steroid dienone is 3. The Morgan fingerprint density at radius 3 is 2.45 bits per heavy atom. The molecular weight excluding hydrogens is 494 g/mol. The van der Waals surface area contributed by atoms with E-state index in [0.29, 0.717) is 16.5 Å². The Kier molecular flexibility index (Phi) is 14.8. The molecule has 0 aliphatic carbocycles. The normalized spacial score (nSPS) is 11.4. The van der Waals surface area contributed by atoms with Gasteiger partial charge in [0.05, 0.1) is 23.9 Å². The average molecular weight is 536 g/mol. The summed E-state index contributed by atoms with van der Waals surface area (Å²) < 4.78 is 5.12. The molecule has 0 bridgehead atoms. The third-order valence-corrected chi connectivity index (χ3v) is 6.00. The van der Waals surface area contributed by atoms with E-state index in [1.54, 1.807) is 32.4 Å². The first kappa shape index (κ1) is 32.7. The van der Waals surface area contributed by atoms with Crippen LogP contribution < -0.4 is 4.74 Å². The zero-order valence-corrected chi connectivity index (χ0v) is 24.8. The maximum absolute atomic E-state index is 9.31. The molecule has 0 radical (unpaired) electrons. The lowest BCUT2D eigenvalue weighted by atomic mass is 10.0. The molecule has 6 heteroatoms. The van der Waals surface area contributed by atoms with E-state index in [9.17, 15) is 5.11 Å². The zero-order valence-electron chi connectivity index (χ0n) is 24.1. The van der Waals surface area contributed by atoms with Gasteiger partial charge in [0.2, 0.25) is 0 Å². The second-order valence-corrected chi connectivity index (χ2v) is 9.48. The number of halogens is 1.